The summed E-state index contributed by atoms with van der Waals surface area (Å²) in [5, 5.41) is 17.9. The van der Waals surface area contributed by atoms with E-state index >= 15 is 0 Å². The predicted octanol–water partition coefficient (Wildman–Crippen LogP) is 2.44. The summed E-state index contributed by atoms with van der Waals surface area (Å²) in [5.41, 5.74) is 0.236. The molecular weight excluding hydrogens is 290 g/mol. The predicted molar refractivity (Wildman–Crippen MR) is 82.5 cm³/mol. The topological polar surface area (TPSA) is 67.2 Å². The molecule has 1 aromatic heterocycles. The molecule has 1 aliphatic carbocycles. The fourth-order valence-electron chi connectivity index (χ4n) is 3.17. The van der Waals surface area contributed by atoms with Crippen molar-refractivity contribution in [1.29, 1.82) is 0 Å². The Morgan fingerprint density at radius 2 is 2.14 bits per heavy atom. The van der Waals surface area contributed by atoms with E-state index in [0.717, 1.165) is 18.5 Å². The second-order valence-corrected chi connectivity index (χ2v) is 7.35. The molecule has 0 aromatic carbocycles. The van der Waals surface area contributed by atoms with Crippen molar-refractivity contribution in [3.8, 4) is 0 Å². The summed E-state index contributed by atoms with van der Waals surface area (Å²) in [6.07, 6.45) is 3.48. The van der Waals surface area contributed by atoms with E-state index in [1.54, 1.807) is 11.7 Å². The molecule has 0 spiro atoms. The highest BCUT2D eigenvalue weighted by atomic mass is 35.5. The van der Waals surface area contributed by atoms with Gasteiger partial charge >= 0.3 is 0 Å². The Morgan fingerprint density at radius 1 is 1.48 bits per heavy atom. The molecule has 1 aromatic rings. The lowest BCUT2D eigenvalue weighted by Gasteiger charge is -2.41. The Hall–Kier alpha value is -1.07. The smallest absolute Gasteiger partial charge is 0.273 e. The fraction of sp³-hybridized carbons (Fsp3) is 0.733. The van der Waals surface area contributed by atoms with Crippen LogP contribution < -0.4 is 5.32 Å². The maximum Gasteiger partial charge on any atom is 0.273 e. The molecule has 0 saturated heterocycles. The molecule has 6 heteroatoms. The highest BCUT2D eigenvalue weighted by molar-refractivity contribution is 6.34. The zero-order valence-corrected chi connectivity index (χ0v) is 13.9. The lowest BCUT2D eigenvalue weighted by molar-refractivity contribution is -0.0362. The van der Waals surface area contributed by atoms with Gasteiger partial charge in [0.1, 0.15) is 0 Å². The summed E-state index contributed by atoms with van der Waals surface area (Å²) in [6.45, 7) is 6.35. The summed E-state index contributed by atoms with van der Waals surface area (Å²) in [4.78, 5) is 12.2. The van der Waals surface area contributed by atoms with E-state index in [0.29, 0.717) is 17.9 Å². The van der Waals surface area contributed by atoms with Crippen LogP contribution in [0.2, 0.25) is 5.02 Å². The third kappa shape index (κ3) is 3.58. The van der Waals surface area contributed by atoms with Crippen LogP contribution in [0.3, 0.4) is 0 Å². The first-order chi connectivity index (χ1) is 9.64. The Balaban J connectivity index is 2.02. The largest absolute Gasteiger partial charge is 0.388 e. The number of aliphatic hydroxyl groups is 1. The molecule has 5 nitrogen and oxygen atoms in total. The minimum Gasteiger partial charge on any atom is -0.388 e. The molecular formula is C15H24ClN3O2. The van der Waals surface area contributed by atoms with E-state index in [2.05, 4.69) is 24.3 Å². The van der Waals surface area contributed by atoms with Crippen molar-refractivity contribution < 1.29 is 9.90 Å². The lowest BCUT2D eigenvalue weighted by atomic mass is 9.70. The van der Waals surface area contributed by atoms with Crippen molar-refractivity contribution in [2.75, 3.05) is 6.54 Å². The Labute approximate surface area is 130 Å². The maximum atomic E-state index is 12.2. The molecule has 0 aliphatic heterocycles. The molecule has 1 unspecified atom stereocenters. The van der Waals surface area contributed by atoms with Crippen LogP contribution in [0, 0.1) is 12.3 Å². The number of aryl methyl sites for hydroxylation is 1. The van der Waals surface area contributed by atoms with Crippen LogP contribution >= 0.6 is 11.6 Å². The van der Waals surface area contributed by atoms with Crippen LogP contribution in [0.1, 0.15) is 55.7 Å². The number of carbonyl (C=O) groups is 1. The molecule has 2 rings (SSSR count). The van der Waals surface area contributed by atoms with Gasteiger partial charge in [-0.3, -0.25) is 9.48 Å². The minimum absolute atomic E-state index is 0.108. The molecule has 1 atom stereocenters. The van der Waals surface area contributed by atoms with E-state index in [4.69, 9.17) is 11.6 Å². The first-order valence-corrected chi connectivity index (χ1v) is 7.71. The van der Waals surface area contributed by atoms with Gasteiger partial charge in [-0.1, -0.05) is 25.4 Å². The third-order valence-corrected chi connectivity index (χ3v) is 4.81. The molecule has 0 bridgehead atoms. The standard InChI is InChI=1S/C15H24ClN3O2/c1-10-11(16)12(18-19(10)4)13(20)17-9-15(21)7-5-6-14(2,3)8-15/h21H,5-9H2,1-4H3,(H,17,20). The van der Waals surface area contributed by atoms with Crippen LogP contribution in [0.15, 0.2) is 0 Å². The van der Waals surface area contributed by atoms with Gasteiger partial charge in [-0.05, 0) is 38.0 Å². The zero-order valence-electron chi connectivity index (χ0n) is 13.2. The summed E-state index contributed by atoms with van der Waals surface area (Å²) >= 11 is 6.10. The highest BCUT2D eigenvalue weighted by Gasteiger charge is 2.38. The van der Waals surface area contributed by atoms with Gasteiger partial charge in [0.15, 0.2) is 5.69 Å². The summed E-state index contributed by atoms with van der Waals surface area (Å²) in [7, 11) is 1.75. The minimum atomic E-state index is -0.840. The normalized spacial score (nSPS) is 24.9. The molecule has 2 N–H and O–H groups in total. The Bertz CT molecular complexity index is 553. The number of nitrogens with one attached hydrogen (secondary N) is 1. The first-order valence-electron chi connectivity index (χ1n) is 7.33. The van der Waals surface area contributed by atoms with Crippen molar-refractivity contribution in [2.24, 2.45) is 12.5 Å². The van der Waals surface area contributed by atoms with Crippen molar-refractivity contribution in [1.82, 2.24) is 15.1 Å². The first kappa shape index (κ1) is 16.3. The van der Waals surface area contributed by atoms with Gasteiger partial charge in [0.05, 0.1) is 16.3 Å². The van der Waals surface area contributed by atoms with Gasteiger partial charge in [0.2, 0.25) is 0 Å². The van der Waals surface area contributed by atoms with Crippen LogP contribution in [0.5, 0.6) is 0 Å². The number of hydrogen-bond acceptors (Lipinski definition) is 3. The number of aromatic nitrogens is 2. The van der Waals surface area contributed by atoms with E-state index in [9.17, 15) is 9.90 Å². The Kier molecular flexibility index (Phi) is 4.36. The zero-order chi connectivity index (χ0) is 15.8. The average Bonchev–Trinajstić information content (AvgIpc) is 2.62. The van der Waals surface area contributed by atoms with Crippen LogP contribution in [-0.4, -0.2) is 32.9 Å². The summed E-state index contributed by atoms with van der Waals surface area (Å²) in [6, 6.07) is 0. The van der Waals surface area contributed by atoms with Gasteiger partial charge in [0.25, 0.3) is 5.91 Å². The van der Waals surface area contributed by atoms with E-state index in [-0.39, 0.29) is 23.6 Å². The lowest BCUT2D eigenvalue weighted by Crippen LogP contribution is -2.48. The highest BCUT2D eigenvalue weighted by Crippen LogP contribution is 2.40. The van der Waals surface area contributed by atoms with Crippen LogP contribution in [0.25, 0.3) is 0 Å². The van der Waals surface area contributed by atoms with Gasteiger partial charge < -0.3 is 10.4 Å². The second kappa shape index (κ2) is 5.61. The number of rotatable bonds is 3. The average molecular weight is 314 g/mol. The van der Waals surface area contributed by atoms with Crippen molar-refractivity contribution in [3.05, 3.63) is 16.4 Å². The Morgan fingerprint density at radius 3 is 2.67 bits per heavy atom. The SMILES string of the molecule is Cc1c(Cl)c(C(=O)NCC2(O)CCCC(C)(C)C2)nn1C. The molecule has 1 amide bonds. The fourth-order valence-corrected chi connectivity index (χ4v) is 3.42. The number of amides is 1. The third-order valence-electron chi connectivity index (χ3n) is 4.36. The number of carbonyl (C=O) groups excluding carboxylic acids is 1. The van der Waals surface area contributed by atoms with E-state index in [1.807, 2.05) is 6.92 Å². The monoisotopic (exact) mass is 313 g/mol. The van der Waals surface area contributed by atoms with Crippen LogP contribution in [0.4, 0.5) is 0 Å². The molecule has 1 saturated carbocycles. The summed E-state index contributed by atoms with van der Waals surface area (Å²) in [5.74, 6) is -0.333. The molecule has 1 fully saturated rings. The van der Waals surface area contributed by atoms with Gasteiger partial charge in [0, 0.05) is 13.6 Å². The van der Waals surface area contributed by atoms with Crippen molar-refractivity contribution in [3.63, 3.8) is 0 Å². The van der Waals surface area contributed by atoms with E-state index < -0.39 is 5.60 Å². The van der Waals surface area contributed by atoms with E-state index in [1.165, 1.54) is 0 Å². The maximum absolute atomic E-state index is 12.2. The van der Waals surface area contributed by atoms with Gasteiger partial charge in [-0.15, -0.1) is 0 Å². The number of halogens is 1. The van der Waals surface area contributed by atoms with Crippen molar-refractivity contribution in [2.45, 2.75) is 52.1 Å². The van der Waals surface area contributed by atoms with Crippen LogP contribution in [-0.2, 0) is 7.05 Å². The molecule has 1 aliphatic rings. The van der Waals surface area contributed by atoms with Gasteiger partial charge in [-0.2, -0.15) is 5.10 Å². The molecule has 0 radical (unpaired) electrons. The molecule has 1 heterocycles. The summed E-state index contributed by atoms with van der Waals surface area (Å²) < 4.78 is 1.58. The molecule has 118 valence electrons. The second-order valence-electron chi connectivity index (χ2n) is 6.97. The van der Waals surface area contributed by atoms with Gasteiger partial charge in [-0.25, -0.2) is 0 Å². The number of nitrogens with zero attached hydrogens (tertiary/aromatic N) is 2. The number of hydrogen-bond donors (Lipinski definition) is 2. The molecule has 21 heavy (non-hydrogen) atoms. The quantitative estimate of drug-likeness (QED) is 0.900. The van der Waals surface area contributed by atoms with Crippen molar-refractivity contribution >= 4 is 17.5 Å².